The van der Waals surface area contributed by atoms with Crippen LogP contribution in [-0.4, -0.2) is 18.2 Å². The van der Waals surface area contributed by atoms with Crippen LogP contribution < -0.4 is 0 Å². The van der Waals surface area contributed by atoms with Crippen molar-refractivity contribution in [2.24, 2.45) is 0 Å². The molecular formula is C10H10BrFO3. The number of ether oxygens (including phenoxy) is 1. The third-order valence-electron chi connectivity index (χ3n) is 1.96. The van der Waals surface area contributed by atoms with Crippen LogP contribution >= 0.6 is 15.9 Å². The summed E-state index contributed by atoms with van der Waals surface area (Å²) in [7, 11) is 1.19. The molecule has 1 aromatic rings. The van der Waals surface area contributed by atoms with Gasteiger partial charge in [0.1, 0.15) is 6.67 Å². The van der Waals surface area contributed by atoms with E-state index in [-0.39, 0.29) is 0 Å². The van der Waals surface area contributed by atoms with Crippen molar-refractivity contribution in [1.29, 1.82) is 0 Å². The zero-order valence-electron chi connectivity index (χ0n) is 8.04. The van der Waals surface area contributed by atoms with Crippen LogP contribution in [0.4, 0.5) is 4.39 Å². The van der Waals surface area contributed by atoms with E-state index in [0.29, 0.717) is 15.6 Å². The van der Waals surface area contributed by atoms with E-state index in [1.165, 1.54) is 25.3 Å². The number of benzene rings is 1. The van der Waals surface area contributed by atoms with Gasteiger partial charge in [0.2, 0.25) is 0 Å². The van der Waals surface area contributed by atoms with Gasteiger partial charge in [-0.15, -0.1) is 0 Å². The average molecular weight is 277 g/mol. The van der Waals surface area contributed by atoms with Gasteiger partial charge in [-0.05, 0) is 17.2 Å². The Morgan fingerprint density at radius 3 is 2.80 bits per heavy atom. The molecule has 5 heteroatoms. The Bertz CT molecular complexity index is 368. The zero-order chi connectivity index (χ0) is 11.4. The minimum absolute atomic E-state index is 0.367. The van der Waals surface area contributed by atoms with Gasteiger partial charge in [-0.3, -0.25) is 0 Å². The summed E-state index contributed by atoms with van der Waals surface area (Å²) in [5, 5.41) is 9.49. The lowest BCUT2D eigenvalue weighted by atomic mass is 10.1. The summed E-state index contributed by atoms with van der Waals surface area (Å²) >= 11 is 3.14. The Balaban J connectivity index is 2.97. The lowest BCUT2D eigenvalue weighted by Crippen LogP contribution is -2.13. The molecule has 0 aliphatic rings. The molecule has 0 amide bonds. The normalized spacial score (nSPS) is 12.3. The minimum atomic E-state index is -1.33. The second-order valence-corrected chi connectivity index (χ2v) is 3.76. The van der Waals surface area contributed by atoms with Crippen molar-refractivity contribution in [3.63, 3.8) is 0 Å². The molecule has 1 N–H and O–H groups in total. The summed E-state index contributed by atoms with van der Waals surface area (Å²) in [6.45, 7) is -0.602. The van der Waals surface area contributed by atoms with Gasteiger partial charge in [-0.1, -0.05) is 28.1 Å². The summed E-state index contributed by atoms with van der Waals surface area (Å²) in [5.41, 5.74) is 0.835. The SMILES string of the molecule is COC(=O)C(O)c1ccc(CF)c(Br)c1. The van der Waals surface area contributed by atoms with Crippen LogP contribution in [0.1, 0.15) is 17.2 Å². The van der Waals surface area contributed by atoms with Crippen LogP contribution in [0.5, 0.6) is 0 Å². The number of esters is 1. The molecule has 0 radical (unpaired) electrons. The van der Waals surface area contributed by atoms with Gasteiger partial charge in [-0.2, -0.15) is 0 Å². The molecule has 0 aliphatic carbocycles. The predicted molar refractivity (Wildman–Crippen MR) is 55.9 cm³/mol. The maximum Gasteiger partial charge on any atom is 0.339 e. The number of hydrogen-bond donors (Lipinski definition) is 1. The first-order chi connectivity index (χ1) is 7.10. The van der Waals surface area contributed by atoms with Crippen molar-refractivity contribution in [1.82, 2.24) is 0 Å². The number of aliphatic hydroxyl groups is 1. The second-order valence-electron chi connectivity index (χ2n) is 2.91. The van der Waals surface area contributed by atoms with Gasteiger partial charge in [0.15, 0.2) is 6.10 Å². The molecule has 0 aliphatic heterocycles. The van der Waals surface area contributed by atoms with Gasteiger partial charge < -0.3 is 9.84 Å². The molecule has 1 aromatic carbocycles. The second kappa shape index (κ2) is 5.23. The van der Waals surface area contributed by atoms with E-state index in [9.17, 15) is 14.3 Å². The molecule has 1 rings (SSSR count). The van der Waals surface area contributed by atoms with Gasteiger partial charge in [0, 0.05) is 4.47 Å². The first-order valence-electron chi connectivity index (χ1n) is 4.20. The molecular weight excluding hydrogens is 267 g/mol. The summed E-state index contributed by atoms with van der Waals surface area (Å²) < 4.78 is 17.3. The Morgan fingerprint density at radius 1 is 1.67 bits per heavy atom. The smallest absolute Gasteiger partial charge is 0.339 e. The topological polar surface area (TPSA) is 46.5 Å². The number of carbonyl (C=O) groups excluding carboxylic acids is 1. The van der Waals surface area contributed by atoms with Crippen molar-refractivity contribution >= 4 is 21.9 Å². The van der Waals surface area contributed by atoms with E-state index in [2.05, 4.69) is 20.7 Å². The third kappa shape index (κ3) is 2.76. The standard InChI is InChI=1S/C10H10BrFO3/c1-15-10(14)9(13)6-2-3-7(5-12)8(11)4-6/h2-4,9,13H,5H2,1H3. The maximum atomic E-state index is 12.4. The summed E-state index contributed by atoms with van der Waals surface area (Å²) in [6.07, 6.45) is -1.33. The fraction of sp³-hybridized carbons (Fsp3) is 0.300. The molecule has 0 bridgehead atoms. The highest BCUT2D eigenvalue weighted by atomic mass is 79.9. The monoisotopic (exact) mass is 276 g/mol. The van der Waals surface area contributed by atoms with E-state index in [1.807, 2.05) is 0 Å². The molecule has 0 saturated carbocycles. The Kier molecular flexibility index (Phi) is 4.23. The predicted octanol–water partition coefficient (Wildman–Crippen LogP) is 2.12. The lowest BCUT2D eigenvalue weighted by Gasteiger charge is -2.09. The third-order valence-corrected chi connectivity index (χ3v) is 2.70. The highest BCUT2D eigenvalue weighted by molar-refractivity contribution is 9.10. The summed E-state index contributed by atoms with van der Waals surface area (Å²) in [6, 6.07) is 4.49. The van der Waals surface area contributed by atoms with Crippen LogP contribution in [0, 0.1) is 0 Å². The molecule has 1 atom stereocenters. The van der Waals surface area contributed by atoms with Crippen LogP contribution in [-0.2, 0) is 16.2 Å². The van der Waals surface area contributed by atoms with Crippen molar-refractivity contribution < 1.29 is 19.0 Å². The first kappa shape index (κ1) is 12.1. The van der Waals surface area contributed by atoms with Gasteiger partial charge in [0.25, 0.3) is 0 Å². The van der Waals surface area contributed by atoms with Crippen molar-refractivity contribution in [3.05, 3.63) is 33.8 Å². The largest absolute Gasteiger partial charge is 0.467 e. The van der Waals surface area contributed by atoms with E-state index in [0.717, 1.165) is 0 Å². The fourth-order valence-corrected chi connectivity index (χ4v) is 1.59. The van der Waals surface area contributed by atoms with Crippen LogP contribution in [0.25, 0.3) is 0 Å². The molecule has 0 saturated heterocycles. The van der Waals surface area contributed by atoms with Crippen LogP contribution in [0.3, 0.4) is 0 Å². The first-order valence-corrected chi connectivity index (χ1v) is 4.99. The van der Waals surface area contributed by atoms with Crippen LogP contribution in [0.15, 0.2) is 22.7 Å². The Morgan fingerprint density at radius 2 is 2.33 bits per heavy atom. The van der Waals surface area contributed by atoms with E-state index in [4.69, 9.17) is 0 Å². The minimum Gasteiger partial charge on any atom is -0.467 e. The summed E-state index contributed by atoms with van der Waals surface area (Å²) in [5.74, 6) is -0.741. The average Bonchev–Trinajstić information content (AvgIpc) is 2.26. The van der Waals surface area contributed by atoms with Crippen LogP contribution in [0.2, 0.25) is 0 Å². The molecule has 3 nitrogen and oxygen atoms in total. The molecule has 82 valence electrons. The van der Waals surface area contributed by atoms with E-state index < -0.39 is 18.7 Å². The Labute approximate surface area is 95.0 Å². The number of methoxy groups -OCH3 is 1. The highest BCUT2D eigenvalue weighted by Crippen LogP contribution is 2.23. The Hall–Kier alpha value is -0.940. The van der Waals surface area contributed by atoms with Gasteiger partial charge in [-0.25, -0.2) is 9.18 Å². The van der Waals surface area contributed by atoms with E-state index >= 15 is 0 Å². The molecule has 0 heterocycles. The zero-order valence-corrected chi connectivity index (χ0v) is 9.62. The van der Waals surface area contributed by atoms with Gasteiger partial charge in [0.05, 0.1) is 7.11 Å². The quantitative estimate of drug-likeness (QED) is 0.861. The van der Waals surface area contributed by atoms with E-state index in [1.54, 1.807) is 0 Å². The number of aliphatic hydroxyl groups excluding tert-OH is 1. The fourth-order valence-electron chi connectivity index (χ4n) is 1.09. The number of alkyl halides is 1. The molecule has 0 spiro atoms. The number of carbonyl (C=O) groups is 1. The molecule has 1 unspecified atom stereocenters. The van der Waals surface area contributed by atoms with Gasteiger partial charge >= 0.3 is 5.97 Å². The molecule has 0 aromatic heterocycles. The number of hydrogen-bond acceptors (Lipinski definition) is 3. The molecule has 0 fully saturated rings. The van der Waals surface area contributed by atoms with Crippen molar-refractivity contribution in [3.8, 4) is 0 Å². The maximum absolute atomic E-state index is 12.4. The number of rotatable bonds is 3. The van der Waals surface area contributed by atoms with Crippen molar-refractivity contribution in [2.45, 2.75) is 12.8 Å². The summed E-state index contributed by atoms with van der Waals surface area (Å²) in [4.78, 5) is 11.0. The van der Waals surface area contributed by atoms with Crippen molar-refractivity contribution in [2.75, 3.05) is 7.11 Å². The number of halogens is 2. The highest BCUT2D eigenvalue weighted by Gasteiger charge is 2.18. The molecule has 15 heavy (non-hydrogen) atoms. The lowest BCUT2D eigenvalue weighted by molar-refractivity contribution is -0.150.